The molecule has 1 saturated heterocycles. The summed E-state index contributed by atoms with van der Waals surface area (Å²) in [4.78, 5) is 7.61. The van der Waals surface area contributed by atoms with Crippen LogP contribution >= 0.6 is 0 Å². The molecule has 1 aromatic carbocycles. The van der Waals surface area contributed by atoms with Crippen molar-refractivity contribution in [3.05, 3.63) is 47.8 Å². The van der Waals surface area contributed by atoms with Gasteiger partial charge in [-0.1, -0.05) is 25.0 Å². The van der Waals surface area contributed by atoms with E-state index in [0.29, 0.717) is 5.92 Å². The van der Waals surface area contributed by atoms with Crippen LogP contribution in [0.1, 0.15) is 56.1 Å². The van der Waals surface area contributed by atoms with Crippen LogP contribution < -0.4 is 10.1 Å². The second-order valence-electron chi connectivity index (χ2n) is 8.77. The Morgan fingerprint density at radius 1 is 1.33 bits per heavy atom. The van der Waals surface area contributed by atoms with Gasteiger partial charge in [-0.05, 0) is 49.4 Å². The number of guanidine groups is 1. The number of methoxy groups -OCH3 is 1. The van der Waals surface area contributed by atoms with Gasteiger partial charge in [-0.15, -0.1) is 0 Å². The van der Waals surface area contributed by atoms with Crippen LogP contribution in [0.3, 0.4) is 0 Å². The summed E-state index contributed by atoms with van der Waals surface area (Å²) in [5.74, 6) is 2.52. The number of nitrogens with one attached hydrogen (secondary N) is 1. The topological polar surface area (TPSA) is 54.7 Å². The van der Waals surface area contributed by atoms with Crippen LogP contribution in [0.25, 0.3) is 0 Å². The molecule has 6 heteroatoms. The van der Waals surface area contributed by atoms with Crippen molar-refractivity contribution >= 4 is 5.96 Å². The van der Waals surface area contributed by atoms with Gasteiger partial charge in [0.2, 0.25) is 0 Å². The van der Waals surface area contributed by atoms with Gasteiger partial charge in [0.1, 0.15) is 5.75 Å². The Morgan fingerprint density at radius 2 is 2.17 bits per heavy atom. The number of aryl methyl sites for hydroxylation is 1. The largest absolute Gasteiger partial charge is 0.497 e. The SMILES string of the molecule is CCNC(=NCC1(c2cccc(OC)c2)CCCC1)N1CCC(c2cnn(C)c2)C1. The Kier molecular flexibility index (Phi) is 6.30. The molecule has 6 nitrogen and oxygen atoms in total. The molecule has 0 bridgehead atoms. The fraction of sp³-hybridized carbons (Fsp3) is 0.583. The van der Waals surface area contributed by atoms with Crippen LogP contribution in [-0.4, -0.2) is 53.9 Å². The average molecular weight is 410 g/mol. The van der Waals surface area contributed by atoms with Crippen LogP contribution in [-0.2, 0) is 12.5 Å². The zero-order chi connectivity index (χ0) is 21.0. The van der Waals surface area contributed by atoms with Crippen LogP contribution in [0.5, 0.6) is 5.75 Å². The van der Waals surface area contributed by atoms with E-state index in [2.05, 4.69) is 46.6 Å². The summed E-state index contributed by atoms with van der Waals surface area (Å²) in [6.07, 6.45) is 10.2. The molecule has 1 aliphatic heterocycles. The molecule has 0 amide bonds. The normalized spacial score (nSPS) is 21.2. The lowest BCUT2D eigenvalue weighted by molar-refractivity contribution is 0.406. The van der Waals surface area contributed by atoms with Gasteiger partial charge < -0.3 is 15.0 Å². The first kappa shape index (κ1) is 20.8. The van der Waals surface area contributed by atoms with Gasteiger partial charge in [0.05, 0.1) is 19.9 Å². The molecule has 2 aliphatic rings. The van der Waals surface area contributed by atoms with Crippen molar-refractivity contribution in [3.63, 3.8) is 0 Å². The molecule has 1 N–H and O–H groups in total. The molecule has 162 valence electrons. The zero-order valence-electron chi connectivity index (χ0n) is 18.6. The lowest BCUT2D eigenvalue weighted by atomic mass is 9.79. The van der Waals surface area contributed by atoms with E-state index < -0.39 is 0 Å². The lowest BCUT2D eigenvalue weighted by Crippen LogP contribution is -2.41. The zero-order valence-corrected chi connectivity index (χ0v) is 18.6. The van der Waals surface area contributed by atoms with Gasteiger partial charge in [0.25, 0.3) is 0 Å². The third kappa shape index (κ3) is 4.32. The van der Waals surface area contributed by atoms with E-state index in [0.717, 1.165) is 44.3 Å². The summed E-state index contributed by atoms with van der Waals surface area (Å²) in [6.45, 7) is 5.91. The molecule has 1 aromatic heterocycles. The molecule has 0 spiro atoms. The third-order valence-electron chi connectivity index (χ3n) is 6.79. The molecule has 4 rings (SSSR count). The predicted molar refractivity (Wildman–Crippen MR) is 121 cm³/mol. The number of aromatic nitrogens is 2. The second-order valence-corrected chi connectivity index (χ2v) is 8.77. The summed E-state index contributed by atoms with van der Waals surface area (Å²) < 4.78 is 7.40. The van der Waals surface area contributed by atoms with Gasteiger partial charge in [-0.25, -0.2) is 0 Å². The van der Waals surface area contributed by atoms with Crippen molar-refractivity contribution in [2.24, 2.45) is 12.0 Å². The number of hydrogen-bond acceptors (Lipinski definition) is 3. The van der Waals surface area contributed by atoms with Crippen LogP contribution in [0, 0.1) is 0 Å². The molecule has 2 aromatic rings. The number of aliphatic imine (C=N–C) groups is 1. The standard InChI is InChI=1S/C24H35N5O/c1-4-25-23(29-13-10-19(17-29)20-15-27-28(2)16-20)26-18-24(11-5-6-12-24)21-8-7-9-22(14-21)30-3/h7-9,14-16,19H,4-6,10-13,17-18H2,1-3H3,(H,25,26). The average Bonchev–Trinajstić information content (AvgIpc) is 3.52. The minimum absolute atomic E-state index is 0.123. The first-order chi connectivity index (χ1) is 14.6. The molecule has 1 aliphatic carbocycles. The highest BCUT2D eigenvalue weighted by Gasteiger charge is 2.36. The molecule has 1 saturated carbocycles. The number of benzene rings is 1. The van der Waals surface area contributed by atoms with Crippen molar-refractivity contribution in [3.8, 4) is 5.75 Å². The van der Waals surface area contributed by atoms with E-state index in [1.807, 2.05) is 24.0 Å². The highest BCUT2D eigenvalue weighted by molar-refractivity contribution is 5.80. The van der Waals surface area contributed by atoms with E-state index in [4.69, 9.17) is 9.73 Å². The number of ether oxygens (including phenoxy) is 1. The number of rotatable bonds is 6. The third-order valence-corrected chi connectivity index (χ3v) is 6.79. The Morgan fingerprint density at radius 3 is 2.87 bits per heavy atom. The maximum Gasteiger partial charge on any atom is 0.193 e. The molecular weight excluding hydrogens is 374 g/mol. The van der Waals surface area contributed by atoms with Crippen molar-refractivity contribution in [2.75, 3.05) is 33.3 Å². The monoisotopic (exact) mass is 409 g/mol. The highest BCUT2D eigenvalue weighted by Crippen LogP contribution is 2.42. The quantitative estimate of drug-likeness (QED) is 0.584. The summed E-state index contributed by atoms with van der Waals surface area (Å²) in [5, 5.41) is 7.90. The molecule has 1 atom stereocenters. The van der Waals surface area contributed by atoms with E-state index in [-0.39, 0.29) is 5.41 Å². The van der Waals surface area contributed by atoms with E-state index in [9.17, 15) is 0 Å². The summed E-state index contributed by atoms with van der Waals surface area (Å²) in [5.41, 5.74) is 2.82. The Balaban J connectivity index is 1.52. The minimum Gasteiger partial charge on any atom is -0.497 e. The van der Waals surface area contributed by atoms with Crippen LogP contribution in [0.4, 0.5) is 0 Å². The maximum atomic E-state index is 5.50. The molecular formula is C24H35N5O. The smallest absolute Gasteiger partial charge is 0.193 e. The first-order valence-electron chi connectivity index (χ1n) is 11.3. The molecule has 30 heavy (non-hydrogen) atoms. The van der Waals surface area contributed by atoms with Crippen LogP contribution in [0.15, 0.2) is 41.7 Å². The van der Waals surface area contributed by atoms with Gasteiger partial charge in [-0.2, -0.15) is 5.10 Å². The Hall–Kier alpha value is -2.50. The Bertz CT molecular complexity index is 868. The molecule has 1 unspecified atom stereocenters. The second kappa shape index (κ2) is 9.11. The fourth-order valence-electron chi connectivity index (χ4n) is 5.07. The van der Waals surface area contributed by atoms with Gasteiger partial charge in [0.15, 0.2) is 5.96 Å². The summed E-state index contributed by atoms with van der Waals surface area (Å²) in [6, 6.07) is 8.61. The van der Waals surface area contributed by atoms with Crippen molar-refractivity contribution < 1.29 is 4.74 Å². The van der Waals surface area contributed by atoms with E-state index >= 15 is 0 Å². The lowest BCUT2D eigenvalue weighted by Gasteiger charge is -2.30. The Labute approximate surface area is 180 Å². The predicted octanol–water partition coefficient (Wildman–Crippen LogP) is 3.70. The highest BCUT2D eigenvalue weighted by atomic mass is 16.5. The molecule has 0 radical (unpaired) electrons. The number of hydrogen-bond donors (Lipinski definition) is 1. The van der Waals surface area contributed by atoms with Crippen molar-refractivity contribution in [1.29, 1.82) is 0 Å². The maximum absolute atomic E-state index is 5.50. The van der Waals surface area contributed by atoms with Crippen molar-refractivity contribution in [2.45, 2.75) is 50.4 Å². The van der Waals surface area contributed by atoms with Crippen molar-refractivity contribution in [1.82, 2.24) is 20.0 Å². The fourth-order valence-corrected chi connectivity index (χ4v) is 5.07. The van der Waals surface area contributed by atoms with Gasteiger partial charge in [-0.3, -0.25) is 9.67 Å². The first-order valence-corrected chi connectivity index (χ1v) is 11.3. The van der Waals surface area contributed by atoms with E-state index in [1.165, 1.54) is 36.8 Å². The summed E-state index contributed by atoms with van der Waals surface area (Å²) in [7, 11) is 3.73. The summed E-state index contributed by atoms with van der Waals surface area (Å²) >= 11 is 0. The van der Waals surface area contributed by atoms with Gasteiger partial charge in [0, 0.05) is 44.2 Å². The van der Waals surface area contributed by atoms with Crippen LogP contribution in [0.2, 0.25) is 0 Å². The number of likely N-dealkylation sites (tertiary alicyclic amines) is 1. The minimum atomic E-state index is 0.123. The molecule has 2 fully saturated rings. The molecule has 2 heterocycles. The van der Waals surface area contributed by atoms with Gasteiger partial charge >= 0.3 is 0 Å². The van der Waals surface area contributed by atoms with E-state index in [1.54, 1.807) is 7.11 Å². The number of nitrogens with zero attached hydrogens (tertiary/aromatic N) is 4.